The van der Waals surface area contributed by atoms with Crippen LogP contribution in [0.25, 0.3) is 12.2 Å². The highest BCUT2D eigenvalue weighted by molar-refractivity contribution is 5.75. The SMILES string of the molecule is COCC(COC(=O)CCCCC(C)=O)OCCCCCCOc1ccc(/C=C/c2cc[n+](C)cc2)cc1. The summed E-state index contributed by atoms with van der Waals surface area (Å²) in [5, 5.41) is 0. The lowest BCUT2D eigenvalue weighted by Crippen LogP contribution is -2.27. The molecular formula is C31H44NO6+. The second kappa shape index (κ2) is 19.1. The number of nitrogens with zero attached hydrogens (tertiary/aromatic N) is 1. The number of methoxy groups -OCH3 is 1. The van der Waals surface area contributed by atoms with Gasteiger partial charge in [-0.25, -0.2) is 4.57 Å². The minimum atomic E-state index is -0.266. The van der Waals surface area contributed by atoms with E-state index in [-0.39, 0.29) is 24.5 Å². The van der Waals surface area contributed by atoms with Gasteiger partial charge in [0.1, 0.15) is 31.3 Å². The van der Waals surface area contributed by atoms with Gasteiger partial charge in [0.05, 0.1) is 13.2 Å². The van der Waals surface area contributed by atoms with Gasteiger partial charge in [0.25, 0.3) is 0 Å². The molecule has 2 aromatic rings. The molecule has 1 unspecified atom stereocenters. The average molecular weight is 527 g/mol. The molecule has 38 heavy (non-hydrogen) atoms. The van der Waals surface area contributed by atoms with Gasteiger partial charge in [0, 0.05) is 38.7 Å². The molecule has 0 fully saturated rings. The molecule has 1 aromatic carbocycles. The fourth-order valence-corrected chi connectivity index (χ4v) is 3.72. The Balaban J connectivity index is 1.52. The van der Waals surface area contributed by atoms with Crippen LogP contribution in [0.1, 0.15) is 69.4 Å². The van der Waals surface area contributed by atoms with Crippen molar-refractivity contribution in [2.24, 2.45) is 7.05 Å². The van der Waals surface area contributed by atoms with E-state index in [9.17, 15) is 9.59 Å². The third-order valence-corrected chi connectivity index (χ3v) is 5.96. The number of hydrogen-bond donors (Lipinski definition) is 0. The molecule has 1 heterocycles. The maximum atomic E-state index is 11.9. The molecule has 0 N–H and O–H groups in total. The van der Waals surface area contributed by atoms with Crippen LogP contribution in [0.4, 0.5) is 0 Å². The first-order chi connectivity index (χ1) is 18.5. The molecule has 2 rings (SSSR count). The molecular weight excluding hydrogens is 482 g/mol. The third-order valence-electron chi connectivity index (χ3n) is 5.96. The normalized spacial score (nSPS) is 12.0. The zero-order chi connectivity index (χ0) is 27.4. The summed E-state index contributed by atoms with van der Waals surface area (Å²) in [5.74, 6) is 0.769. The van der Waals surface area contributed by atoms with E-state index in [0.29, 0.717) is 45.5 Å². The molecule has 7 heteroatoms. The Kier molecular flexibility index (Phi) is 15.7. The lowest BCUT2D eigenvalue weighted by Gasteiger charge is -2.17. The van der Waals surface area contributed by atoms with E-state index in [1.54, 1.807) is 14.0 Å². The molecule has 1 aromatic heterocycles. The molecule has 7 nitrogen and oxygen atoms in total. The monoisotopic (exact) mass is 526 g/mol. The van der Waals surface area contributed by atoms with Gasteiger partial charge in [-0.3, -0.25) is 4.79 Å². The minimum absolute atomic E-state index is 0.145. The van der Waals surface area contributed by atoms with Crippen LogP contribution in [0.3, 0.4) is 0 Å². The van der Waals surface area contributed by atoms with Crippen LogP contribution in [0.15, 0.2) is 48.8 Å². The van der Waals surface area contributed by atoms with Crippen LogP contribution in [0.5, 0.6) is 5.75 Å². The van der Waals surface area contributed by atoms with Crippen molar-refractivity contribution < 1.29 is 33.1 Å². The minimum Gasteiger partial charge on any atom is -0.494 e. The summed E-state index contributed by atoms with van der Waals surface area (Å²) in [4.78, 5) is 22.8. The number of benzene rings is 1. The van der Waals surface area contributed by atoms with E-state index in [0.717, 1.165) is 37.0 Å². The standard InChI is InChI=1S/C31H44NO6/c1-26(33)10-6-7-11-31(34)38-25-30(24-35-3)37-23-9-5-4-8-22-36-29-16-14-27(15-17-29)12-13-28-18-20-32(2)21-19-28/h12-21,30H,4-11,22-25H2,1-3H3/q+1/b13-12+. The number of pyridine rings is 1. The topological polar surface area (TPSA) is 74.9 Å². The predicted octanol–water partition coefficient (Wildman–Crippen LogP) is 5.34. The van der Waals surface area contributed by atoms with Crippen LogP contribution in [0, 0.1) is 0 Å². The number of aryl methyl sites for hydroxylation is 1. The molecule has 0 amide bonds. The molecule has 0 bridgehead atoms. The molecule has 0 aliphatic rings. The van der Waals surface area contributed by atoms with E-state index in [4.69, 9.17) is 18.9 Å². The van der Waals surface area contributed by atoms with Crippen molar-refractivity contribution in [3.63, 3.8) is 0 Å². The number of carbonyl (C=O) groups excluding carboxylic acids is 2. The molecule has 0 spiro atoms. The summed E-state index contributed by atoms with van der Waals surface area (Å²) in [5.41, 5.74) is 2.30. The Bertz CT molecular complexity index is 955. The summed E-state index contributed by atoms with van der Waals surface area (Å²) < 4.78 is 24.2. The first-order valence-electron chi connectivity index (χ1n) is 13.6. The van der Waals surface area contributed by atoms with Gasteiger partial charge in [-0.15, -0.1) is 0 Å². The lowest BCUT2D eigenvalue weighted by molar-refractivity contribution is -0.671. The summed E-state index contributed by atoms with van der Waals surface area (Å²) >= 11 is 0. The Morgan fingerprint density at radius 3 is 2.11 bits per heavy atom. The maximum Gasteiger partial charge on any atom is 0.305 e. The average Bonchev–Trinajstić information content (AvgIpc) is 2.91. The van der Waals surface area contributed by atoms with Crippen LogP contribution in [0.2, 0.25) is 0 Å². The fourth-order valence-electron chi connectivity index (χ4n) is 3.72. The number of rotatable bonds is 20. The van der Waals surface area contributed by atoms with Gasteiger partial charge >= 0.3 is 5.97 Å². The van der Waals surface area contributed by atoms with Gasteiger partial charge < -0.3 is 23.7 Å². The quantitative estimate of drug-likeness (QED) is 0.132. The Morgan fingerprint density at radius 1 is 0.816 bits per heavy atom. The summed E-state index contributed by atoms with van der Waals surface area (Å²) in [7, 11) is 3.61. The summed E-state index contributed by atoms with van der Waals surface area (Å²) in [6.45, 7) is 3.41. The van der Waals surface area contributed by atoms with Gasteiger partial charge in [0.15, 0.2) is 12.4 Å². The van der Waals surface area contributed by atoms with Crippen LogP contribution in [-0.4, -0.2) is 51.4 Å². The first kappa shape index (κ1) is 31.2. The lowest BCUT2D eigenvalue weighted by atomic mass is 10.1. The van der Waals surface area contributed by atoms with Crippen LogP contribution < -0.4 is 9.30 Å². The zero-order valence-electron chi connectivity index (χ0n) is 23.2. The Hall–Kier alpha value is -3.03. The Labute approximate surface area is 227 Å². The van der Waals surface area contributed by atoms with E-state index < -0.39 is 0 Å². The predicted molar refractivity (Wildman–Crippen MR) is 149 cm³/mol. The molecule has 0 saturated heterocycles. The van der Waals surface area contributed by atoms with Crippen molar-refractivity contribution in [2.45, 2.75) is 64.4 Å². The van der Waals surface area contributed by atoms with Gasteiger partial charge in [0.2, 0.25) is 0 Å². The molecule has 208 valence electrons. The van der Waals surface area contributed by atoms with Crippen molar-refractivity contribution in [3.05, 3.63) is 59.9 Å². The van der Waals surface area contributed by atoms with Gasteiger partial charge in [-0.1, -0.05) is 30.7 Å². The van der Waals surface area contributed by atoms with E-state index >= 15 is 0 Å². The summed E-state index contributed by atoms with van der Waals surface area (Å²) in [6.07, 6.45) is 14.2. The number of carbonyl (C=O) groups is 2. The van der Waals surface area contributed by atoms with E-state index in [1.165, 1.54) is 5.56 Å². The second-order valence-corrected chi connectivity index (χ2v) is 9.50. The first-order valence-corrected chi connectivity index (χ1v) is 13.6. The number of esters is 1. The number of unbranched alkanes of at least 4 members (excludes halogenated alkanes) is 4. The highest BCUT2D eigenvalue weighted by Gasteiger charge is 2.12. The molecule has 0 aliphatic carbocycles. The molecule has 1 atom stereocenters. The Morgan fingerprint density at radius 2 is 1.45 bits per heavy atom. The highest BCUT2D eigenvalue weighted by Crippen LogP contribution is 2.15. The number of aromatic nitrogens is 1. The molecule has 0 saturated carbocycles. The van der Waals surface area contributed by atoms with Crippen molar-refractivity contribution >= 4 is 23.9 Å². The van der Waals surface area contributed by atoms with Gasteiger partial charge in [-0.2, -0.15) is 0 Å². The van der Waals surface area contributed by atoms with Crippen molar-refractivity contribution in [2.75, 3.05) is 33.5 Å². The van der Waals surface area contributed by atoms with Crippen molar-refractivity contribution in [1.82, 2.24) is 0 Å². The fraction of sp³-hybridized carbons (Fsp3) is 0.516. The highest BCUT2D eigenvalue weighted by atomic mass is 16.6. The van der Waals surface area contributed by atoms with Crippen molar-refractivity contribution in [3.8, 4) is 5.75 Å². The number of hydrogen-bond acceptors (Lipinski definition) is 6. The summed E-state index contributed by atoms with van der Waals surface area (Å²) in [6, 6.07) is 12.3. The third kappa shape index (κ3) is 14.6. The molecule has 0 radical (unpaired) electrons. The number of ketones is 1. The largest absolute Gasteiger partial charge is 0.494 e. The van der Waals surface area contributed by atoms with Crippen LogP contribution in [-0.2, 0) is 30.8 Å². The number of Topliss-reactive ketones (excluding diaryl/α,β-unsaturated/α-hetero) is 1. The van der Waals surface area contributed by atoms with E-state index in [2.05, 4.69) is 36.4 Å². The maximum absolute atomic E-state index is 11.9. The van der Waals surface area contributed by atoms with E-state index in [1.807, 2.05) is 36.1 Å². The van der Waals surface area contributed by atoms with Crippen molar-refractivity contribution in [1.29, 1.82) is 0 Å². The molecule has 0 aliphatic heterocycles. The second-order valence-electron chi connectivity index (χ2n) is 9.50. The smallest absolute Gasteiger partial charge is 0.305 e. The van der Waals surface area contributed by atoms with Crippen LogP contribution >= 0.6 is 0 Å². The number of ether oxygens (including phenoxy) is 4. The zero-order valence-corrected chi connectivity index (χ0v) is 23.2. The van der Waals surface area contributed by atoms with Gasteiger partial charge in [-0.05, 0) is 62.3 Å².